The normalized spacial score (nSPS) is 12.3. The number of aromatic nitrogens is 2. The summed E-state index contributed by atoms with van der Waals surface area (Å²) in [6.07, 6.45) is 3.69. The van der Waals surface area contributed by atoms with Gasteiger partial charge < -0.3 is 12.4 Å². The first kappa shape index (κ1) is 35.0. The van der Waals surface area contributed by atoms with Crippen LogP contribution in [0.3, 0.4) is 0 Å². The Morgan fingerprint density at radius 3 is 1.32 bits per heavy atom. The van der Waals surface area contributed by atoms with Crippen LogP contribution in [0.15, 0.2) is 79.1 Å². The van der Waals surface area contributed by atoms with Gasteiger partial charge in [-0.2, -0.15) is 0 Å². The molecule has 3 nitrogen and oxygen atoms in total. The van der Waals surface area contributed by atoms with E-state index in [9.17, 15) is 25.2 Å². The zero-order chi connectivity index (χ0) is 24.2. The zero-order valence-electron chi connectivity index (χ0n) is 17.3. The van der Waals surface area contributed by atoms with Crippen LogP contribution in [0.5, 0.6) is 0 Å². The minimum absolute atomic E-state index is 0. The fourth-order valence-electron chi connectivity index (χ4n) is 2.45. The standard InChI is InChI=1S/C19H19N3.CH2Cl2.ClH.Cu.F6P/c1-2-8-17(9-3-1)14-22(15-18-10-4-6-12-20-18)16-19-11-5-7-13-21-19;2-1-3;;;1-7(2,3,4,5)6/h1-13H,14-16H2;1H2;1H;;/q;;;+2;-1/p-1. The number of halogens is 9. The molecule has 2 heterocycles. The molecule has 0 aliphatic rings. The van der Waals surface area contributed by atoms with Crippen molar-refractivity contribution in [1.82, 2.24) is 14.9 Å². The Bertz CT molecular complexity index is 803. The third kappa shape index (κ3) is 22.7. The van der Waals surface area contributed by atoms with E-state index in [1.807, 2.05) is 42.7 Å². The molecule has 0 aliphatic carbocycles. The van der Waals surface area contributed by atoms with Gasteiger partial charge in [-0.15, -0.1) is 23.2 Å². The van der Waals surface area contributed by atoms with Gasteiger partial charge in [-0.1, -0.05) is 42.5 Å². The Morgan fingerprint density at radius 2 is 1.00 bits per heavy atom. The average molecular weight is 618 g/mol. The molecule has 0 saturated carbocycles. The molecule has 3 aromatic rings. The molecule has 34 heavy (non-hydrogen) atoms. The number of benzene rings is 1. The second-order valence-corrected chi connectivity index (χ2v) is 9.06. The van der Waals surface area contributed by atoms with Crippen molar-refractivity contribution in [2.24, 2.45) is 0 Å². The predicted molar refractivity (Wildman–Crippen MR) is 118 cm³/mol. The molecule has 0 bridgehead atoms. The predicted octanol–water partition coefficient (Wildman–Crippen LogP) is 5.48. The van der Waals surface area contributed by atoms with Crippen molar-refractivity contribution >= 4 is 31.0 Å². The summed E-state index contributed by atoms with van der Waals surface area (Å²) in [7, 11) is -10.7. The largest absolute Gasteiger partial charge is 2.00 e. The van der Waals surface area contributed by atoms with Gasteiger partial charge in [-0.3, -0.25) is 14.9 Å². The average Bonchev–Trinajstić information content (AvgIpc) is 2.69. The first-order chi connectivity index (χ1) is 14.8. The fraction of sp³-hybridized carbons (Fsp3) is 0.200. The van der Waals surface area contributed by atoms with Crippen molar-refractivity contribution in [3.8, 4) is 0 Å². The Labute approximate surface area is 221 Å². The van der Waals surface area contributed by atoms with E-state index in [0.717, 1.165) is 31.0 Å². The third-order valence-corrected chi connectivity index (χ3v) is 3.47. The second kappa shape index (κ2) is 15.1. The fourth-order valence-corrected chi connectivity index (χ4v) is 2.45. The Balaban J connectivity index is 0. The van der Waals surface area contributed by atoms with Crippen molar-refractivity contribution in [3.63, 3.8) is 0 Å². The van der Waals surface area contributed by atoms with E-state index in [0.29, 0.717) is 0 Å². The molecule has 1 aromatic carbocycles. The van der Waals surface area contributed by atoms with E-state index in [-0.39, 0.29) is 34.8 Å². The molecule has 0 fully saturated rings. The van der Waals surface area contributed by atoms with Crippen LogP contribution in [0.25, 0.3) is 0 Å². The van der Waals surface area contributed by atoms with Gasteiger partial charge in [0.2, 0.25) is 0 Å². The first-order valence-electron chi connectivity index (χ1n) is 9.01. The van der Waals surface area contributed by atoms with E-state index in [1.54, 1.807) is 0 Å². The van der Waals surface area contributed by atoms with Gasteiger partial charge >= 0.3 is 50.1 Å². The van der Waals surface area contributed by atoms with Gasteiger partial charge in [0.25, 0.3) is 0 Å². The van der Waals surface area contributed by atoms with Crippen molar-refractivity contribution in [1.29, 1.82) is 0 Å². The maximum absolute atomic E-state index is 10.7. The smallest absolute Gasteiger partial charge is 1.00 e. The summed E-state index contributed by atoms with van der Waals surface area (Å²) in [6, 6.07) is 22.6. The summed E-state index contributed by atoms with van der Waals surface area (Å²) in [6.45, 7) is 2.51. The topological polar surface area (TPSA) is 29.0 Å². The van der Waals surface area contributed by atoms with Crippen LogP contribution in [0.2, 0.25) is 0 Å². The minimum Gasteiger partial charge on any atom is -1.00 e. The molecule has 0 unspecified atom stereocenters. The van der Waals surface area contributed by atoms with Crippen LogP contribution in [0, 0.1) is 0 Å². The Kier molecular flexibility index (Phi) is 15.6. The molecule has 0 saturated heterocycles. The molecule has 195 valence electrons. The molecule has 3 rings (SSSR count). The molecular formula is C20H21Cl3CuF6N3P. The molecule has 0 spiro atoms. The molecular weight excluding hydrogens is 597 g/mol. The number of hydrogen-bond donors (Lipinski definition) is 0. The Hall–Kier alpha value is -1.12. The van der Waals surface area contributed by atoms with Gasteiger partial charge in [-0.05, 0) is 29.8 Å². The van der Waals surface area contributed by atoms with Crippen molar-refractivity contribution in [3.05, 3.63) is 96.1 Å². The number of nitrogens with zero attached hydrogens (tertiary/aromatic N) is 3. The van der Waals surface area contributed by atoms with E-state index in [2.05, 4.69) is 51.3 Å². The van der Waals surface area contributed by atoms with Gasteiger partial charge in [0, 0.05) is 32.0 Å². The SMILES string of the molecule is ClCCl.F[P-](F)(F)(F)(F)F.[Cl-].[Cu+2].c1ccc(CN(Cc2ccccn2)Cc2ccccn2)cc1. The summed E-state index contributed by atoms with van der Waals surface area (Å²) in [5.41, 5.74) is 3.46. The number of hydrogen-bond acceptors (Lipinski definition) is 3. The minimum atomic E-state index is -10.7. The first-order valence-corrected chi connectivity index (χ1v) is 12.1. The molecule has 0 amide bonds. The molecule has 0 N–H and O–H groups in total. The van der Waals surface area contributed by atoms with Crippen molar-refractivity contribution in [2.75, 3.05) is 5.34 Å². The summed E-state index contributed by atoms with van der Waals surface area (Å²) in [5, 5.41) is 0.194. The van der Waals surface area contributed by atoms with Crippen LogP contribution in [0.4, 0.5) is 25.2 Å². The van der Waals surface area contributed by atoms with Crippen LogP contribution in [0.1, 0.15) is 17.0 Å². The van der Waals surface area contributed by atoms with E-state index < -0.39 is 7.81 Å². The maximum atomic E-state index is 9.87. The number of alkyl halides is 2. The zero-order valence-corrected chi connectivity index (χ0v) is 21.4. The van der Waals surface area contributed by atoms with Crippen molar-refractivity contribution < 1.29 is 54.7 Å². The second-order valence-electron chi connectivity index (χ2n) is 6.33. The molecule has 2 aromatic heterocycles. The van der Waals surface area contributed by atoms with Gasteiger partial charge in [0.05, 0.1) is 16.7 Å². The summed E-state index contributed by atoms with van der Waals surface area (Å²) >= 11 is 9.53. The third-order valence-electron chi connectivity index (χ3n) is 3.47. The van der Waals surface area contributed by atoms with Gasteiger partial charge in [-0.25, -0.2) is 0 Å². The monoisotopic (exact) mass is 616 g/mol. The van der Waals surface area contributed by atoms with E-state index in [1.165, 1.54) is 5.56 Å². The van der Waals surface area contributed by atoms with E-state index in [4.69, 9.17) is 23.2 Å². The molecule has 0 aliphatic heterocycles. The molecule has 1 radical (unpaired) electrons. The van der Waals surface area contributed by atoms with Gasteiger partial charge in [0.1, 0.15) is 0 Å². The van der Waals surface area contributed by atoms with Crippen LogP contribution >= 0.6 is 31.0 Å². The van der Waals surface area contributed by atoms with Crippen molar-refractivity contribution in [2.45, 2.75) is 19.6 Å². The quantitative estimate of drug-likeness (QED) is 0.159. The van der Waals surface area contributed by atoms with Crippen LogP contribution in [-0.4, -0.2) is 20.2 Å². The maximum Gasteiger partial charge on any atom is 2.00 e. The molecule has 0 atom stereocenters. The summed E-state index contributed by atoms with van der Waals surface area (Å²) < 4.78 is 59.2. The van der Waals surface area contributed by atoms with Crippen LogP contribution < -0.4 is 12.4 Å². The van der Waals surface area contributed by atoms with Crippen LogP contribution in [-0.2, 0) is 36.7 Å². The van der Waals surface area contributed by atoms with E-state index >= 15 is 0 Å². The number of rotatable bonds is 6. The Morgan fingerprint density at radius 1 is 0.647 bits per heavy atom. The summed E-state index contributed by atoms with van der Waals surface area (Å²) in [4.78, 5) is 11.2. The van der Waals surface area contributed by atoms with Gasteiger partial charge in [0.15, 0.2) is 0 Å². The molecule has 14 heteroatoms. The number of pyridine rings is 2. The summed E-state index contributed by atoms with van der Waals surface area (Å²) in [5.74, 6) is 0.